The number of nitrogens with zero attached hydrogens (tertiary/aromatic N) is 4. The minimum atomic E-state index is 0.504. The first-order valence-electron chi connectivity index (χ1n) is 7.55. The van der Waals surface area contributed by atoms with Gasteiger partial charge < -0.3 is 9.05 Å². The number of hydrogen-bond donors (Lipinski definition) is 0. The zero-order valence-corrected chi connectivity index (χ0v) is 13.0. The Hall–Kier alpha value is -3.28. The fourth-order valence-electron chi connectivity index (χ4n) is 2.43. The maximum Gasteiger partial charge on any atom is 0.257 e. The summed E-state index contributed by atoms with van der Waals surface area (Å²) in [6.45, 7) is 1.79. The largest absolute Gasteiger partial charge is 0.339 e. The lowest BCUT2D eigenvalue weighted by atomic mass is 10.1. The van der Waals surface area contributed by atoms with Crippen molar-refractivity contribution in [3.8, 4) is 22.8 Å². The monoisotopic (exact) mass is 318 g/mol. The standard InChI is InChI=1S/C18H14N4O2/c1-12-19-18(24-21-12)15-9-5-6-13(10-15)11-16-20-17(22-23-16)14-7-3-2-4-8-14/h2-10H,11H2,1H3. The molecule has 0 aliphatic carbocycles. The van der Waals surface area contributed by atoms with Crippen molar-refractivity contribution in [1.29, 1.82) is 0 Å². The molecule has 0 saturated carbocycles. The molecule has 4 aromatic rings. The summed E-state index contributed by atoms with van der Waals surface area (Å²) in [5, 5.41) is 7.86. The van der Waals surface area contributed by atoms with Crippen LogP contribution >= 0.6 is 0 Å². The van der Waals surface area contributed by atoms with Gasteiger partial charge in [-0.3, -0.25) is 0 Å². The first-order valence-corrected chi connectivity index (χ1v) is 7.55. The van der Waals surface area contributed by atoms with Crippen LogP contribution in [0.2, 0.25) is 0 Å². The molecule has 0 spiro atoms. The minimum absolute atomic E-state index is 0.504. The van der Waals surface area contributed by atoms with E-state index in [1.807, 2.05) is 54.6 Å². The van der Waals surface area contributed by atoms with E-state index in [-0.39, 0.29) is 0 Å². The summed E-state index contributed by atoms with van der Waals surface area (Å²) in [5.74, 6) is 2.27. The second-order valence-corrected chi connectivity index (χ2v) is 5.40. The lowest BCUT2D eigenvalue weighted by molar-refractivity contribution is 0.385. The Morgan fingerprint density at radius 2 is 1.67 bits per heavy atom. The number of rotatable bonds is 4. The molecule has 0 bridgehead atoms. The SMILES string of the molecule is Cc1noc(-c2cccc(Cc3nc(-c4ccccc4)no3)c2)n1. The fourth-order valence-corrected chi connectivity index (χ4v) is 2.43. The van der Waals surface area contributed by atoms with E-state index in [0.29, 0.717) is 29.9 Å². The third-order valence-electron chi connectivity index (χ3n) is 3.56. The number of aromatic nitrogens is 4. The maximum absolute atomic E-state index is 5.36. The molecule has 6 heteroatoms. The highest BCUT2D eigenvalue weighted by molar-refractivity contribution is 5.55. The molecule has 0 radical (unpaired) electrons. The molecule has 0 atom stereocenters. The van der Waals surface area contributed by atoms with Crippen molar-refractivity contribution < 1.29 is 9.05 Å². The maximum atomic E-state index is 5.36. The molecule has 24 heavy (non-hydrogen) atoms. The molecular weight excluding hydrogens is 304 g/mol. The summed E-state index contributed by atoms with van der Waals surface area (Å²) in [6, 6.07) is 17.6. The minimum Gasteiger partial charge on any atom is -0.339 e. The van der Waals surface area contributed by atoms with Crippen molar-refractivity contribution in [2.45, 2.75) is 13.3 Å². The van der Waals surface area contributed by atoms with E-state index in [1.165, 1.54) is 0 Å². The molecule has 0 saturated heterocycles. The number of aryl methyl sites for hydroxylation is 1. The smallest absolute Gasteiger partial charge is 0.257 e. The summed E-state index contributed by atoms with van der Waals surface area (Å²) in [5.41, 5.74) is 2.84. The Morgan fingerprint density at radius 3 is 2.46 bits per heavy atom. The second-order valence-electron chi connectivity index (χ2n) is 5.40. The van der Waals surface area contributed by atoms with Gasteiger partial charge in [0.25, 0.3) is 5.89 Å². The molecule has 118 valence electrons. The van der Waals surface area contributed by atoms with Crippen molar-refractivity contribution >= 4 is 0 Å². The van der Waals surface area contributed by atoms with Crippen LogP contribution in [0.25, 0.3) is 22.8 Å². The first-order chi connectivity index (χ1) is 11.8. The van der Waals surface area contributed by atoms with E-state index < -0.39 is 0 Å². The van der Waals surface area contributed by atoms with Crippen molar-refractivity contribution in [1.82, 2.24) is 20.3 Å². The van der Waals surface area contributed by atoms with E-state index in [0.717, 1.165) is 16.7 Å². The molecule has 0 unspecified atom stereocenters. The Morgan fingerprint density at radius 1 is 0.833 bits per heavy atom. The van der Waals surface area contributed by atoms with Crippen molar-refractivity contribution in [3.63, 3.8) is 0 Å². The van der Waals surface area contributed by atoms with Crippen LogP contribution in [0.15, 0.2) is 63.6 Å². The molecule has 2 aromatic carbocycles. The van der Waals surface area contributed by atoms with Gasteiger partial charge in [0.2, 0.25) is 11.7 Å². The lowest BCUT2D eigenvalue weighted by Crippen LogP contribution is -1.90. The van der Waals surface area contributed by atoms with Gasteiger partial charge in [-0.05, 0) is 24.6 Å². The average Bonchev–Trinajstić information content (AvgIpc) is 3.25. The lowest BCUT2D eigenvalue weighted by Gasteiger charge is -1.99. The van der Waals surface area contributed by atoms with Crippen molar-refractivity contribution in [2.24, 2.45) is 0 Å². The molecule has 4 rings (SSSR count). The normalized spacial score (nSPS) is 10.9. The summed E-state index contributed by atoms with van der Waals surface area (Å²) in [6.07, 6.45) is 0.542. The molecular formula is C18H14N4O2. The zero-order valence-electron chi connectivity index (χ0n) is 13.0. The summed E-state index contributed by atoms with van der Waals surface area (Å²) in [7, 11) is 0. The van der Waals surface area contributed by atoms with Gasteiger partial charge in [-0.15, -0.1) is 0 Å². The molecule has 0 amide bonds. The van der Waals surface area contributed by atoms with Gasteiger partial charge in [0.1, 0.15) is 0 Å². The zero-order chi connectivity index (χ0) is 16.4. The van der Waals surface area contributed by atoms with Crippen LogP contribution in [0.1, 0.15) is 17.3 Å². The van der Waals surface area contributed by atoms with Crippen LogP contribution in [0.5, 0.6) is 0 Å². The van der Waals surface area contributed by atoms with Gasteiger partial charge in [-0.2, -0.15) is 9.97 Å². The van der Waals surface area contributed by atoms with Gasteiger partial charge in [0.05, 0.1) is 6.42 Å². The summed E-state index contributed by atoms with van der Waals surface area (Å²) >= 11 is 0. The fraction of sp³-hybridized carbons (Fsp3) is 0.111. The first kappa shape index (κ1) is 14.3. The Kier molecular flexibility index (Phi) is 3.63. The Labute approximate surface area is 138 Å². The topological polar surface area (TPSA) is 77.8 Å². The van der Waals surface area contributed by atoms with Crippen molar-refractivity contribution in [3.05, 3.63) is 71.9 Å². The van der Waals surface area contributed by atoms with Crippen LogP contribution in [-0.4, -0.2) is 20.3 Å². The van der Waals surface area contributed by atoms with E-state index in [4.69, 9.17) is 9.05 Å². The molecule has 2 aromatic heterocycles. The van der Waals surface area contributed by atoms with E-state index in [9.17, 15) is 0 Å². The summed E-state index contributed by atoms with van der Waals surface area (Å²) < 4.78 is 10.6. The Balaban J connectivity index is 1.57. The molecule has 2 heterocycles. The highest BCUT2D eigenvalue weighted by atomic mass is 16.5. The molecule has 0 fully saturated rings. The second kappa shape index (κ2) is 6.08. The van der Waals surface area contributed by atoms with Crippen LogP contribution in [-0.2, 0) is 6.42 Å². The van der Waals surface area contributed by atoms with Gasteiger partial charge in [0.15, 0.2) is 5.82 Å². The quantitative estimate of drug-likeness (QED) is 0.571. The van der Waals surface area contributed by atoms with Gasteiger partial charge in [-0.25, -0.2) is 0 Å². The summed E-state index contributed by atoms with van der Waals surface area (Å²) in [4.78, 5) is 8.70. The van der Waals surface area contributed by atoms with E-state index in [2.05, 4.69) is 20.3 Å². The average molecular weight is 318 g/mol. The van der Waals surface area contributed by atoms with Gasteiger partial charge in [-0.1, -0.05) is 52.8 Å². The molecule has 0 aliphatic rings. The van der Waals surface area contributed by atoms with E-state index >= 15 is 0 Å². The number of hydrogen-bond acceptors (Lipinski definition) is 6. The molecule has 0 aliphatic heterocycles. The highest BCUT2D eigenvalue weighted by Crippen LogP contribution is 2.21. The molecule has 6 nitrogen and oxygen atoms in total. The van der Waals surface area contributed by atoms with Crippen LogP contribution in [0, 0.1) is 6.92 Å². The third kappa shape index (κ3) is 2.94. The Bertz CT molecular complexity index is 960. The van der Waals surface area contributed by atoms with Crippen LogP contribution in [0.3, 0.4) is 0 Å². The predicted octanol–water partition coefficient (Wildman–Crippen LogP) is 3.69. The van der Waals surface area contributed by atoms with Crippen molar-refractivity contribution in [2.75, 3.05) is 0 Å². The van der Waals surface area contributed by atoms with Crippen LogP contribution < -0.4 is 0 Å². The van der Waals surface area contributed by atoms with Gasteiger partial charge in [0, 0.05) is 11.1 Å². The molecule has 0 N–H and O–H groups in total. The predicted molar refractivity (Wildman–Crippen MR) is 87.0 cm³/mol. The van der Waals surface area contributed by atoms with Crippen LogP contribution in [0.4, 0.5) is 0 Å². The van der Waals surface area contributed by atoms with Gasteiger partial charge >= 0.3 is 0 Å². The van der Waals surface area contributed by atoms with E-state index in [1.54, 1.807) is 6.92 Å². The number of benzene rings is 2. The third-order valence-corrected chi connectivity index (χ3v) is 3.56. The highest BCUT2D eigenvalue weighted by Gasteiger charge is 2.11.